The number of rotatable bonds is 8. The number of hydrogen-bond donors (Lipinski definition) is 2. The number of unbranched alkanes of at least 4 members (excludes halogenated alkanes) is 1. The number of para-hydroxylation sites is 1. The van der Waals surface area contributed by atoms with E-state index in [1.165, 1.54) is 23.9 Å². The smallest absolute Gasteiger partial charge is 0.251 e. The van der Waals surface area contributed by atoms with Crippen LogP contribution in [0.1, 0.15) is 25.7 Å². The lowest BCUT2D eigenvalue weighted by Gasteiger charge is -2.42. The minimum Gasteiger partial charge on any atom is -0.494 e. The number of likely N-dealkylation sites (tertiary alicyclic amines) is 1. The second kappa shape index (κ2) is 9.56. The number of nitrogens with zero attached hydrogens (tertiary/aromatic N) is 2. The van der Waals surface area contributed by atoms with Gasteiger partial charge < -0.3 is 20.1 Å². The minimum atomic E-state index is -1.08. The summed E-state index contributed by atoms with van der Waals surface area (Å²) in [6.45, 7) is 3.80. The molecule has 4 rings (SSSR count). The maximum absolute atomic E-state index is 12.9. The molecule has 1 atom stereocenters. The van der Waals surface area contributed by atoms with Gasteiger partial charge in [0.1, 0.15) is 11.6 Å². The zero-order valence-electron chi connectivity index (χ0n) is 17.4. The molecule has 0 amide bonds. The van der Waals surface area contributed by atoms with E-state index in [9.17, 15) is 9.50 Å². The third-order valence-electron chi connectivity index (χ3n) is 5.97. The highest BCUT2D eigenvalue weighted by atomic mass is 32.2. The lowest BCUT2D eigenvalue weighted by molar-refractivity contribution is -0.0302. The van der Waals surface area contributed by atoms with Crippen LogP contribution in [0, 0.1) is 5.82 Å². The molecule has 1 unspecified atom stereocenters. The van der Waals surface area contributed by atoms with Crippen molar-refractivity contribution in [1.29, 1.82) is 0 Å². The van der Waals surface area contributed by atoms with Crippen LogP contribution >= 0.6 is 11.8 Å². The summed E-state index contributed by atoms with van der Waals surface area (Å²) in [5.74, 6) is 0.481. The number of thioether (sulfide) groups is 1. The molecule has 1 saturated heterocycles. The number of piperidine rings is 1. The second-order valence-corrected chi connectivity index (χ2v) is 9.24. The molecule has 2 aliphatic heterocycles. The zero-order valence-corrected chi connectivity index (χ0v) is 18.2. The highest BCUT2D eigenvalue weighted by Crippen LogP contribution is 2.46. The van der Waals surface area contributed by atoms with Gasteiger partial charge in [-0.05, 0) is 101 Å². The molecule has 0 aromatic heterocycles. The first kappa shape index (κ1) is 21.4. The van der Waals surface area contributed by atoms with E-state index in [4.69, 9.17) is 4.74 Å². The van der Waals surface area contributed by atoms with Gasteiger partial charge in [0.05, 0.1) is 12.3 Å². The van der Waals surface area contributed by atoms with E-state index in [-0.39, 0.29) is 5.82 Å². The van der Waals surface area contributed by atoms with Gasteiger partial charge in [-0.2, -0.15) is 0 Å². The van der Waals surface area contributed by atoms with Crippen molar-refractivity contribution in [2.45, 2.75) is 41.8 Å². The summed E-state index contributed by atoms with van der Waals surface area (Å²) in [6.07, 6.45) is 4.15. The van der Waals surface area contributed by atoms with Crippen molar-refractivity contribution in [2.24, 2.45) is 0 Å². The van der Waals surface area contributed by atoms with Gasteiger partial charge >= 0.3 is 0 Å². The largest absolute Gasteiger partial charge is 0.494 e. The first-order valence-electron chi connectivity index (χ1n) is 10.7. The molecular weight excluding hydrogens is 401 g/mol. The van der Waals surface area contributed by atoms with Gasteiger partial charge in [0.25, 0.3) is 5.18 Å². The number of benzene rings is 2. The number of ether oxygens (including phenoxy) is 1. The Morgan fingerprint density at radius 1 is 1.17 bits per heavy atom. The number of nitrogens with one attached hydrogen (secondary N) is 1. The third-order valence-corrected chi connectivity index (χ3v) is 7.22. The summed E-state index contributed by atoms with van der Waals surface area (Å²) in [5.41, 5.74) is 0.997. The molecule has 1 fully saturated rings. The number of aliphatic hydroxyl groups is 1. The Labute approximate surface area is 182 Å². The predicted octanol–water partition coefficient (Wildman–Crippen LogP) is 4.20. The van der Waals surface area contributed by atoms with Gasteiger partial charge in [-0.15, -0.1) is 0 Å². The molecule has 2 heterocycles. The zero-order chi connectivity index (χ0) is 21.0. The standard InChI is InChI=1S/C23H30FN3O2S/c1-26(23(28)25-21-6-2-3-7-22(21)30-23)19-12-15-27(16-13-19)14-4-5-17-29-20-10-8-18(24)9-11-20/h2-3,6-11,19,25,28H,4-5,12-17H2,1H3. The molecule has 7 heteroatoms. The van der Waals surface area contributed by atoms with E-state index in [0.29, 0.717) is 12.6 Å². The summed E-state index contributed by atoms with van der Waals surface area (Å²) >= 11 is 1.48. The average molecular weight is 432 g/mol. The molecule has 2 aliphatic rings. The van der Waals surface area contributed by atoms with Crippen molar-refractivity contribution < 1.29 is 14.2 Å². The number of halogens is 1. The van der Waals surface area contributed by atoms with Crippen molar-refractivity contribution in [3.05, 3.63) is 54.3 Å². The van der Waals surface area contributed by atoms with Crippen LogP contribution in [0.15, 0.2) is 53.4 Å². The Morgan fingerprint density at radius 3 is 2.63 bits per heavy atom. The molecule has 0 spiro atoms. The first-order chi connectivity index (χ1) is 14.5. The van der Waals surface area contributed by atoms with Crippen molar-refractivity contribution in [3.63, 3.8) is 0 Å². The molecule has 0 radical (unpaired) electrons. The number of anilines is 1. The highest BCUT2D eigenvalue weighted by Gasteiger charge is 2.43. The van der Waals surface area contributed by atoms with Crippen LogP contribution in [-0.4, -0.2) is 59.4 Å². The Morgan fingerprint density at radius 2 is 1.90 bits per heavy atom. The molecule has 0 aliphatic carbocycles. The monoisotopic (exact) mass is 431 g/mol. The SMILES string of the molecule is CN(C1CCN(CCCCOc2ccc(F)cc2)CC1)C1(O)Nc2ccccc2S1. The van der Waals surface area contributed by atoms with Crippen LogP contribution in [0.25, 0.3) is 0 Å². The fourth-order valence-electron chi connectivity index (χ4n) is 4.11. The van der Waals surface area contributed by atoms with E-state index in [1.54, 1.807) is 12.1 Å². The van der Waals surface area contributed by atoms with Crippen LogP contribution in [-0.2, 0) is 0 Å². The van der Waals surface area contributed by atoms with Crippen molar-refractivity contribution in [1.82, 2.24) is 9.80 Å². The van der Waals surface area contributed by atoms with Gasteiger partial charge in [0, 0.05) is 10.9 Å². The van der Waals surface area contributed by atoms with Crippen LogP contribution in [0.4, 0.5) is 10.1 Å². The molecule has 0 bridgehead atoms. The number of hydrogen-bond acceptors (Lipinski definition) is 6. The Kier molecular flexibility index (Phi) is 6.83. The Balaban J connectivity index is 1.15. The first-order valence-corrected chi connectivity index (χ1v) is 11.5. The second-order valence-electron chi connectivity index (χ2n) is 8.02. The lowest BCUT2D eigenvalue weighted by atomic mass is 10.0. The molecular formula is C23H30FN3O2S. The van der Waals surface area contributed by atoms with Crippen LogP contribution in [0.3, 0.4) is 0 Å². The van der Waals surface area contributed by atoms with Crippen LogP contribution < -0.4 is 10.1 Å². The fraction of sp³-hybridized carbons (Fsp3) is 0.478. The van der Waals surface area contributed by atoms with Crippen molar-refractivity contribution in [3.8, 4) is 5.75 Å². The summed E-state index contributed by atoms with van der Waals surface area (Å²) in [5, 5.41) is 13.3. The van der Waals surface area contributed by atoms with Crippen LogP contribution in [0.5, 0.6) is 5.75 Å². The average Bonchev–Trinajstić information content (AvgIpc) is 3.12. The molecule has 2 N–H and O–H groups in total. The molecule has 162 valence electrons. The van der Waals surface area contributed by atoms with Gasteiger partial charge in [0.15, 0.2) is 0 Å². The fourth-order valence-corrected chi connectivity index (χ4v) is 5.25. The topological polar surface area (TPSA) is 48.0 Å². The van der Waals surface area contributed by atoms with Crippen molar-refractivity contribution in [2.75, 3.05) is 38.6 Å². The van der Waals surface area contributed by atoms with E-state index in [0.717, 1.165) is 61.6 Å². The molecule has 2 aromatic rings. The molecule has 2 aromatic carbocycles. The minimum absolute atomic E-state index is 0.240. The van der Waals surface area contributed by atoms with E-state index in [1.807, 2.05) is 31.3 Å². The normalized spacial score (nSPS) is 22.1. The maximum Gasteiger partial charge on any atom is 0.251 e. The van der Waals surface area contributed by atoms with Gasteiger partial charge in [-0.25, -0.2) is 9.29 Å². The van der Waals surface area contributed by atoms with E-state index >= 15 is 0 Å². The maximum atomic E-state index is 12.9. The quantitative estimate of drug-likeness (QED) is 0.483. The molecule has 0 saturated carbocycles. The Hall–Kier alpha value is -1.80. The van der Waals surface area contributed by atoms with Gasteiger partial charge in [0.2, 0.25) is 0 Å². The summed E-state index contributed by atoms with van der Waals surface area (Å²) in [6, 6.07) is 14.6. The Bertz CT molecular complexity index is 802. The lowest BCUT2D eigenvalue weighted by Crippen LogP contribution is -2.55. The predicted molar refractivity (Wildman–Crippen MR) is 119 cm³/mol. The summed E-state index contributed by atoms with van der Waals surface area (Å²) in [4.78, 5) is 5.68. The van der Waals surface area contributed by atoms with E-state index < -0.39 is 5.18 Å². The summed E-state index contributed by atoms with van der Waals surface area (Å²) < 4.78 is 18.6. The molecule has 30 heavy (non-hydrogen) atoms. The highest BCUT2D eigenvalue weighted by molar-refractivity contribution is 8.01. The number of fused-ring (bicyclic) bond motifs is 1. The van der Waals surface area contributed by atoms with E-state index in [2.05, 4.69) is 15.1 Å². The van der Waals surface area contributed by atoms with Gasteiger partial charge in [-0.3, -0.25) is 0 Å². The van der Waals surface area contributed by atoms with Gasteiger partial charge in [-0.1, -0.05) is 12.1 Å². The molecule has 5 nitrogen and oxygen atoms in total. The van der Waals surface area contributed by atoms with Crippen LogP contribution in [0.2, 0.25) is 0 Å². The van der Waals surface area contributed by atoms with Crippen molar-refractivity contribution >= 4 is 17.4 Å². The summed E-state index contributed by atoms with van der Waals surface area (Å²) in [7, 11) is 2.01. The third kappa shape index (κ3) is 5.09.